The SMILES string of the molecule is CCCn1c(=O)c(C)cn([C@@H]2O[C@H](CO[Si](C)(C)C(C)(C)C)C3(OS(=O)(=O)C=C3N)[C@H]2O[Si](C)(C)C(C)(C)C)c1=O. The van der Waals surface area contributed by atoms with Gasteiger partial charge in [0.1, 0.15) is 12.2 Å². The zero-order chi connectivity index (χ0) is 31.6. The van der Waals surface area contributed by atoms with E-state index >= 15 is 0 Å². The second-order valence-corrected chi connectivity index (χ2v) is 25.2. The number of nitrogens with zero attached hydrogens (tertiary/aromatic N) is 2. The van der Waals surface area contributed by atoms with E-state index in [1.165, 1.54) is 15.3 Å². The summed E-state index contributed by atoms with van der Waals surface area (Å²) in [5, 5.41) is 0.474. The first kappa shape index (κ1) is 33.9. The molecule has 2 aliphatic rings. The second kappa shape index (κ2) is 10.9. The fourth-order valence-corrected chi connectivity index (χ4v) is 8.08. The van der Waals surface area contributed by atoms with E-state index in [-0.39, 0.29) is 34.5 Å². The molecule has 2 aliphatic heterocycles. The smallest absolute Gasteiger partial charge is 0.333 e. The minimum absolute atomic E-state index is 0.0310. The van der Waals surface area contributed by atoms with E-state index in [1.54, 1.807) is 6.92 Å². The summed E-state index contributed by atoms with van der Waals surface area (Å²) in [6, 6.07) is 0. The van der Waals surface area contributed by atoms with Crippen LogP contribution in [0.15, 0.2) is 26.9 Å². The zero-order valence-corrected chi connectivity index (χ0v) is 29.5. The van der Waals surface area contributed by atoms with Gasteiger partial charge in [-0.3, -0.25) is 13.9 Å². The molecular formula is C27H49N3O8SSi2. The molecular weight excluding hydrogens is 583 g/mol. The lowest BCUT2D eigenvalue weighted by Crippen LogP contribution is -2.59. The third kappa shape index (κ3) is 6.11. The number of hydrogen-bond acceptors (Lipinski definition) is 9. The Kier molecular flexibility index (Phi) is 8.99. The summed E-state index contributed by atoms with van der Waals surface area (Å²) < 4.78 is 54.2. The van der Waals surface area contributed by atoms with Crippen LogP contribution in [0.25, 0.3) is 0 Å². The topological polar surface area (TPSA) is 141 Å². The van der Waals surface area contributed by atoms with Gasteiger partial charge in [0, 0.05) is 18.3 Å². The lowest BCUT2D eigenvalue weighted by atomic mass is 9.89. The fraction of sp³-hybridized carbons (Fsp3) is 0.778. The van der Waals surface area contributed by atoms with Crippen molar-refractivity contribution in [2.45, 2.75) is 129 Å². The molecule has 2 N–H and O–H groups in total. The van der Waals surface area contributed by atoms with Gasteiger partial charge in [-0.15, -0.1) is 0 Å². The van der Waals surface area contributed by atoms with E-state index < -0.39 is 56.5 Å². The van der Waals surface area contributed by atoms with Gasteiger partial charge in [-0.2, -0.15) is 8.42 Å². The van der Waals surface area contributed by atoms with Gasteiger partial charge in [0.05, 0.1) is 17.7 Å². The standard InChI is InChI=1S/C27H49N3O8SSi2/c1-13-14-29-22(31)18(2)15-30(24(29)32)23-21(37-41(11,12)26(6,7)8)27(19(28)17-39(33,34)38-27)20(36-23)16-35-40(9,10)25(3,4)5/h15,17,20-21,23H,13-14,16,28H2,1-12H3/t20-,21+,23-,27?/m1/s1. The van der Waals surface area contributed by atoms with Gasteiger partial charge in [0.2, 0.25) is 0 Å². The van der Waals surface area contributed by atoms with Crippen molar-refractivity contribution >= 4 is 26.8 Å². The largest absolute Gasteiger partial charge is 0.414 e. The molecule has 234 valence electrons. The Balaban J connectivity index is 2.30. The predicted octanol–water partition coefficient (Wildman–Crippen LogP) is 3.94. The molecule has 41 heavy (non-hydrogen) atoms. The Morgan fingerprint density at radius 3 is 2.07 bits per heavy atom. The van der Waals surface area contributed by atoms with Crippen LogP contribution in [0.3, 0.4) is 0 Å². The first-order valence-corrected chi connectivity index (χ1v) is 21.4. The first-order valence-electron chi connectivity index (χ1n) is 14.1. The van der Waals surface area contributed by atoms with E-state index in [2.05, 4.69) is 54.6 Å². The third-order valence-corrected chi connectivity index (χ3v) is 19.2. The lowest BCUT2D eigenvalue weighted by molar-refractivity contribution is -0.0567. The van der Waals surface area contributed by atoms with E-state index in [9.17, 15) is 18.0 Å². The number of hydrogen-bond donors (Lipinski definition) is 1. The van der Waals surface area contributed by atoms with Crippen molar-refractivity contribution in [3.05, 3.63) is 43.7 Å². The number of nitrogens with two attached hydrogens (primary N) is 1. The summed E-state index contributed by atoms with van der Waals surface area (Å²) in [5.74, 6) is 0. The van der Waals surface area contributed by atoms with Crippen molar-refractivity contribution in [2.24, 2.45) is 5.73 Å². The summed E-state index contributed by atoms with van der Waals surface area (Å²) >= 11 is 0. The molecule has 0 aromatic carbocycles. The zero-order valence-electron chi connectivity index (χ0n) is 26.7. The maximum Gasteiger partial charge on any atom is 0.333 e. The van der Waals surface area contributed by atoms with E-state index in [4.69, 9.17) is 23.5 Å². The van der Waals surface area contributed by atoms with Crippen LogP contribution in [0, 0.1) is 6.92 Å². The molecule has 1 unspecified atom stereocenters. The van der Waals surface area contributed by atoms with Gasteiger partial charge in [-0.25, -0.2) is 8.98 Å². The highest BCUT2D eigenvalue weighted by molar-refractivity contribution is 7.90. The van der Waals surface area contributed by atoms with Crippen LogP contribution in [-0.4, -0.2) is 58.6 Å². The quantitative estimate of drug-likeness (QED) is 0.334. The highest BCUT2D eigenvalue weighted by Gasteiger charge is 2.67. The van der Waals surface area contributed by atoms with Crippen molar-refractivity contribution < 1.29 is 26.2 Å². The average Bonchev–Trinajstić information content (AvgIpc) is 3.22. The summed E-state index contributed by atoms with van der Waals surface area (Å²) in [7, 11) is -9.19. The van der Waals surface area contributed by atoms with Crippen molar-refractivity contribution in [3.8, 4) is 0 Å². The summed E-state index contributed by atoms with van der Waals surface area (Å²) in [6.07, 6.45) is -1.29. The Labute approximate surface area is 246 Å². The molecule has 0 amide bonds. The van der Waals surface area contributed by atoms with Crippen LogP contribution < -0.4 is 17.0 Å². The van der Waals surface area contributed by atoms with Crippen molar-refractivity contribution in [1.29, 1.82) is 0 Å². The van der Waals surface area contributed by atoms with Gasteiger partial charge in [-0.05, 0) is 49.6 Å². The Hall–Kier alpha value is -1.56. The summed E-state index contributed by atoms with van der Waals surface area (Å²) in [5.41, 5.74) is 4.04. The summed E-state index contributed by atoms with van der Waals surface area (Å²) in [6.45, 7) is 24.3. The van der Waals surface area contributed by atoms with Gasteiger partial charge in [0.25, 0.3) is 15.7 Å². The second-order valence-electron chi connectivity index (χ2n) is 14.3. The van der Waals surface area contributed by atoms with E-state index in [0.29, 0.717) is 12.0 Å². The lowest BCUT2D eigenvalue weighted by Gasteiger charge is -2.43. The molecule has 11 nitrogen and oxygen atoms in total. The van der Waals surface area contributed by atoms with Gasteiger partial charge in [0.15, 0.2) is 28.5 Å². The first-order chi connectivity index (χ1) is 18.4. The molecule has 1 spiro atoms. The number of aromatic nitrogens is 2. The third-order valence-electron chi connectivity index (χ3n) is 9.16. The molecule has 0 radical (unpaired) electrons. The molecule has 1 saturated heterocycles. The maximum absolute atomic E-state index is 13.8. The van der Waals surface area contributed by atoms with Gasteiger partial charge in [-0.1, -0.05) is 48.5 Å². The molecule has 14 heteroatoms. The van der Waals surface area contributed by atoms with Crippen molar-refractivity contribution in [2.75, 3.05) is 6.61 Å². The minimum atomic E-state index is -4.19. The fourth-order valence-electron chi connectivity index (χ4n) is 4.58. The summed E-state index contributed by atoms with van der Waals surface area (Å²) in [4.78, 5) is 26.6. The molecule has 1 aromatic rings. The van der Waals surface area contributed by atoms with Gasteiger partial charge < -0.3 is 19.3 Å². The minimum Gasteiger partial charge on any atom is -0.414 e. The molecule has 4 atom stereocenters. The van der Waals surface area contributed by atoms with E-state index in [0.717, 1.165) is 5.41 Å². The molecule has 0 bridgehead atoms. The number of ether oxygens (including phenoxy) is 1. The van der Waals surface area contributed by atoms with Crippen molar-refractivity contribution in [1.82, 2.24) is 9.13 Å². The molecule has 1 fully saturated rings. The molecule has 3 rings (SSSR count). The van der Waals surface area contributed by atoms with E-state index in [1.807, 2.05) is 20.0 Å². The van der Waals surface area contributed by atoms with Gasteiger partial charge >= 0.3 is 5.69 Å². The van der Waals surface area contributed by atoms with Crippen molar-refractivity contribution in [3.63, 3.8) is 0 Å². The Morgan fingerprint density at radius 2 is 1.61 bits per heavy atom. The normalized spacial score (nSPS) is 27.0. The van der Waals surface area contributed by atoms with Crippen LogP contribution in [-0.2, 0) is 34.4 Å². The highest BCUT2D eigenvalue weighted by Crippen LogP contribution is 2.52. The average molecular weight is 632 g/mol. The molecule has 0 aliphatic carbocycles. The highest BCUT2D eigenvalue weighted by atomic mass is 32.2. The monoisotopic (exact) mass is 631 g/mol. The van der Waals surface area contributed by atoms with Crippen LogP contribution >= 0.6 is 0 Å². The van der Waals surface area contributed by atoms with Crippen LogP contribution in [0.4, 0.5) is 0 Å². The maximum atomic E-state index is 13.8. The predicted molar refractivity (Wildman–Crippen MR) is 164 cm³/mol. The Morgan fingerprint density at radius 1 is 1.05 bits per heavy atom. The molecule has 0 saturated carbocycles. The van der Waals surface area contributed by atoms with Crippen LogP contribution in [0.1, 0.15) is 66.7 Å². The number of aryl methyl sites for hydroxylation is 1. The molecule has 1 aromatic heterocycles. The molecule has 3 heterocycles. The number of rotatable bonds is 8. The Bertz CT molecular complexity index is 1420. The van der Waals surface area contributed by atoms with Crippen LogP contribution in [0.2, 0.25) is 36.3 Å². The van der Waals surface area contributed by atoms with Crippen LogP contribution in [0.5, 0.6) is 0 Å².